The Bertz CT molecular complexity index is 1110. The molecular weight excluding hydrogens is 423 g/mol. The van der Waals surface area contributed by atoms with Gasteiger partial charge in [0.2, 0.25) is 0 Å². The minimum absolute atomic E-state index is 0.0732. The zero-order valence-corrected chi connectivity index (χ0v) is 18.5. The summed E-state index contributed by atoms with van der Waals surface area (Å²) in [7, 11) is 0. The quantitative estimate of drug-likeness (QED) is 0.476. The Morgan fingerprint density at radius 3 is 1.97 bits per heavy atom. The second-order valence-corrected chi connectivity index (χ2v) is 8.22. The highest BCUT2D eigenvalue weighted by atomic mass is 19.1. The molecule has 3 aromatic carbocycles. The van der Waals surface area contributed by atoms with Gasteiger partial charge in [-0.2, -0.15) is 0 Å². The first-order valence-corrected chi connectivity index (χ1v) is 10.8. The molecule has 0 saturated carbocycles. The fraction of sp³-hybridized carbons (Fsp3) is 0.259. The number of rotatable bonds is 6. The Morgan fingerprint density at radius 1 is 0.848 bits per heavy atom. The van der Waals surface area contributed by atoms with Crippen molar-refractivity contribution in [3.05, 3.63) is 106 Å². The van der Waals surface area contributed by atoms with Gasteiger partial charge in [-0.05, 0) is 55.8 Å². The van der Waals surface area contributed by atoms with Crippen LogP contribution in [0.3, 0.4) is 0 Å². The van der Waals surface area contributed by atoms with Gasteiger partial charge in [0.05, 0.1) is 17.2 Å². The second kappa shape index (κ2) is 9.96. The van der Waals surface area contributed by atoms with Crippen LogP contribution in [-0.4, -0.2) is 30.8 Å². The Labute approximate surface area is 192 Å². The minimum atomic E-state index is -0.649. The first-order chi connectivity index (χ1) is 15.9. The van der Waals surface area contributed by atoms with Gasteiger partial charge in [-0.25, -0.2) is 14.0 Å². The van der Waals surface area contributed by atoms with Crippen molar-refractivity contribution in [2.45, 2.75) is 38.6 Å². The van der Waals surface area contributed by atoms with Crippen LogP contribution < -0.4 is 0 Å². The van der Waals surface area contributed by atoms with Gasteiger partial charge in [0.1, 0.15) is 24.6 Å². The number of esters is 2. The summed E-state index contributed by atoms with van der Waals surface area (Å²) in [5.41, 5.74) is 3.70. The monoisotopic (exact) mass is 448 g/mol. The molecule has 0 N–H and O–H groups in total. The Balaban J connectivity index is 1.47. The van der Waals surface area contributed by atoms with Crippen LogP contribution in [0.1, 0.15) is 49.9 Å². The fourth-order valence-electron chi connectivity index (χ4n) is 3.71. The van der Waals surface area contributed by atoms with Gasteiger partial charge in [0.15, 0.2) is 0 Å². The zero-order chi connectivity index (χ0) is 23.4. The molecule has 0 aliphatic carbocycles. The van der Waals surface area contributed by atoms with Gasteiger partial charge >= 0.3 is 11.9 Å². The fourth-order valence-corrected chi connectivity index (χ4v) is 3.71. The number of hydrogen-bond acceptors (Lipinski definition) is 5. The average molecular weight is 448 g/mol. The van der Waals surface area contributed by atoms with Gasteiger partial charge in [0.25, 0.3) is 0 Å². The molecule has 0 aromatic heterocycles. The molecule has 4 rings (SSSR count). The van der Waals surface area contributed by atoms with E-state index in [1.54, 1.807) is 36.4 Å². The Kier molecular flexibility index (Phi) is 6.84. The maximum absolute atomic E-state index is 13.3. The molecule has 1 fully saturated rings. The summed E-state index contributed by atoms with van der Waals surface area (Å²) in [5.74, 6) is -1.30. The third-order valence-electron chi connectivity index (χ3n) is 5.65. The predicted molar refractivity (Wildman–Crippen MR) is 120 cm³/mol. The molecule has 5 nitrogen and oxygen atoms in total. The third-order valence-corrected chi connectivity index (χ3v) is 5.65. The standard InChI is InChI=1S/C27H25FO5/c1-17-3-7-20(8-4-17)26(29)31-16-25-24(33-27(30)21-9-5-18(2)6-10-21)15-23(32-25)19-11-13-22(28)14-12-19/h3-14,23-25H,15-16H2,1-2H3/t23-,24-,25+/m0/s1. The molecule has 0 amide bonds. The van der Waals surface area contributed by atoms with Gasteiger partial charge < -0.3 is 14.2 Å². The number of ether oxygens (including phenoxy) is 3. The maximum atomic E-state index is 13.3. The lowest BCUT2D eigenvalue weighted by molar-refractivity contribution is -0.0427. The molecule has 1 heterocycles. The van der Waals surface area contributed by atoms with Crippen LogP contribution in [0.2, 0.25) is 0 Å². The van der Waals surface area contributed by atoms with Crippen LogP contribution in [0.25, 0.3) is 0 Å². The molecule has 1 saturated heterocycles. The molecule has 1 aliphatic rings. The van der Waals surface area contributed by atoms with E-state index in [9.17, 15) is 14.0 Å². The van der Waals surface area contributed by atoms with Crippen LogP contribution in [0.4, 0.5) is 4.39 Å². The molecule has 1 aliphatic heterocycles. The van der Waals surface area contributed by atoms with Crippen LogP contribution in [0.15, 0.2) is 72.8 Å². The summed E-state index contributed by atoms with van der Waals surface area (Å²) in [6, 6.07) is 20.1. The van der Waals surface area contributed by atoms with E-state index in [1.807, 2.05) is 38.1 Å². The lowest BCUT2D eigenvalue weighted by Crippen LogP contribution is -2.32. The number of benzene rings is 3. The van der Waals surface area contributed by atoms with Crippen LogP contribution >= 0.6 is 0 Å². The third kappa shape index (κ3) is 5.65. The zero-order valence-electron chi connectivity index (χ0n) is 18.5. The van der Waals surface area contributed by atoms with Crippen LogP contribution in [0.5, 0.6) is 0 Å². The van der Waals surface area contributed by atoms with Crippen molar-refractivity contribution in [2.24, 2.45) is 0 Å². The predicted octanol–water partition coefficient (Wildman–Crippen LogP) is 5.36. The molecule has 0 radical (unpaired) electrons. The van der Waals surface area contributed by atoms with Gasteiger partial charge in [0, 0.05) is 6.42 Å². The summed E-state index contributed by atoms with van der Waals surface area (Å²) in [6.45, 7) is 3.80. The molecule has 0 bridgehead atoms. The molecule has 0 spiro atoms. The highest BCUT2D eigenvalue weighted by Crippen LogP contribution is 2.35. The van der Waals surface area contributed by atoms with E-state index in [0.29, 0.717) is 17.5 Å². The van der Waals surface area contributed by atoms with Crippen LogP contribution in [-0.2, 0) is 14.2 Å². The summed E-state index contributed by atoms with van der Waals surface area (Å²) < 4.78 is 30.7. The summed E-state index contributed by atoms with van der Waals surface area (Å²) in [6.07, 6.45) is -1.32. The largest absolute Gasteiger partial charge is 0.459 e. The van der Waals surface area contributed by atoms with E-state index in [0.717, 1.165) is 16.7 Å². The van der Waals surface area contributed by atoms with E-state index in [1.165, 1.54) is 12.1 Å². The maximum Gasteiger partial charge on any atom is 0.338 e. The number of carbonyl (C=O) groups excluding carboxylic acids is 2. The van der Waals surface area contributed by atoms with Crippen molar-refractivity contribution in [1.29, 1.82) is 0 Å². The molecule has 170 valence electrons. The molecule has 33 heavy (non-hydrogen) atoms. The van der Waals surface area contributed by atoms with Crippen molar-refractivity contribution >= 4 is 11.9 Å². The molecule has 3 aromatic rings. The Morgan fingerprint density at radius 2 is 1.39 bits per heavy atom. The summed E-state index contributed by atoms with van der Waals surface area (Å²) in [4.78, 5) is 25.2. The van der Waals surface area contributed by atoms with Crippen molar-refractivity contribution in [2.75, 3.05) is 6.61 Å². The lowest BCUT2D eigenvalue weighted by Gasteiger charge is -2.19. The van der Waals surface area contributed by atoms with E-state index >= 15 is 0 Å². The average Bonchev–Trinajstić information content (AvgIpc) is 3.21. The van der Waals surface area contributed by atoms with Crippen molar-refractivity contribution < 1.29 is 28.2 Å². The summed E-state index contributed by atoms with van der Waals surface area (Å²) >= 11 is 0. The van der Waals surface area contributed by atoms with E-state index < -0.39 is 30.3 Å². The van der Waals surface area contributed by atoms with E-state index in [4.69, 9.17) is 14.2 Å². The van der Waals surface area contributed by atoms with Gasteiger partial charge in [-0.3, -0.25) is 0 Å². The van der Waals surface area contributed by atoms with E-state index in [2.05, 4.69) is 0 Å². The molecule has 6 heteroatoms. The first kappa shape index (κ1) is 22.7. The van der Waals surface area contributed by atoms with Gasteiger partial charge in [-0.15, -0.1) is 0 Å². The number of carbonyl (C=O) groups is 2. The highest BCUT2D eigenvalue weighted by molar-refractivity contribution is 5.90. The SMILES string of the molecule is Cc1ccc(C(=O)OC[C@H]2O[C@H](c3ccc(F)cc3)C[C@@H]2OC(=O)c2ccc(C)cc2)cc1. The lowest BCUT2D eigenvalue weighted by atomic mass is 10.0. The molecule has 3 atom stereocenters. The van der Waals surface area contributed by atoms with Crippen molar-refractivity contribution in [3.8, 4) is 0 Å². The highest BCUT2D eigenvalue weighted by Gasteiger charge is 2.39. The molecular formula is C27H25FO5. The number of aryl methyl sites for hydroxylation is 2. The normalized spacial score (nSPS) is 19.8. The smallest absolute Gasteiger partial charge is 0.338 e. The van der Waals surface area contributed by atoms with Crippen molar-refractivity contribution in [1.82, 2.24) is 0 Å². The van der Waals surface area contributed by atoms with Crippen LogP contribution in [0, 0.1) is 19.7 Å². The number of hydrogen-bond donors (Lipinski definition) is 0. The van der Waals surface area contributed by atoms with Crippen molar-refractivity contribution in [3.63, 3.8) is 0 Å². The second-order valence-electron chi connectivity index (χ2n) is 8.22. The Hall–Kier alpha value is -3.51. The topological polar surface area (TPSA) is 61.8 Å². The first-order valence-electron chi connectivity index (χ1n) is 10.8. The summed E-state index contributed by atoms with van der Waals surface area (Å²) in [5, 5.41) is 0. The number of halogens is 1. The molecule has 0 unspecified atom stereocenters. The van der Waals surface area contributed by atoms with Gasteiger partial charge in [-0.1, -0.05) is 47.5 Å². The minimum Gasteiger partial charge on any atom is -0.459 e. The van der Waals surface area contributed by atoms with E-state index in [-0.39, 0.29) is 12.4 Å².